The molecule has 0 spiro atoms. The van der Waals surface area contributed by atoms with Crippen molar-refractivity contribution in [1.29, 1.82) is 0 Å². The van der Waals surface area contributed by atoms with Crippen LogP contribution in [-0.4, -0.2) is 39.4 Å². The largest absolute Gasteiger partial charge is 0.351 e. The van der Waals surface area contributed by atoms with Gasteiger partial charge in [0.05, 0.1) is 29.0 Å². The molecule has 0 saturated heterocycles. The van der Waals surface area contributed by atoms with Gasteiger partial charge in [-0.2, -0.15) is 0 Å². The number of urea groups is 1. The number of aromatic nitrogens is 2. The van der Waals surface area contributed by atoms with E-state index in [2.05, 4.69) is 9.98 Å². The molecule has 0 saturated carbocycles. The van der Waals surface area contributed by atoms with Crippen molar-refractivity contribution < 1.29 is 24.0 Å². The highest BCUT2D eigenvalue weighted by atomic mass is 16.2. The van der Waals surface area contributed by atoms with Crippen LogP contribution in [-0.2, 0) is 16.1 Å². The van der Waals surface area contributed by atoms with Crippen LogP contribution in [0.5, 0.6) is 0 Å². The summed E-state index contributed by atoms with van der Waals surface area (Å²) < 4.78 is 3.35. The summed E-state index contributed by atoms with van der Waals surface area (Å²) >= 11 is 0. The summed E-state index contributed by atoms with van der Waals surface area (Å²) in [7, 11) is 0. The number of nitrogens with zero attached hydrogens (tertiary/aromatic N) is 5. The molecule has 3 amide bonds. The molecule has 1 aliphatic rings. The normalized spacial score (nSPS) is 13.0. The predicted octanol–water partition coefficient (Wildman–Crippen LogP) is 4.61. The van der Waals surface area contributed by atoms with Crippen molar-refractivity contribution in [2.45, 2.75) is 12.6 Å². The number of para-hydroxylation sites is 2. The van der Waals surface area contributed by atoms with E-state index in [0.29, 0.717) is 22.5 Å². The summed E-state index contributed by atoms with van der Waals surface area (Å²) in [5.41, 5.74) is 11.1. The number of anilines is 2. The Balaban J connectivity index is 1.42. The van der Waals surface area contributed by atoms with Gasteiger partial charge < -0.3 is 5.73 Å². The van der Waals surface area contributed by atoms with Gasteiger partial charge in [0.25, 0.3) is 11.8 Å². The monoisotopic (exact) mass is 556 g/mol. The zero-order valence-electron chi connectivity index (χ0n) is 21.8. The Morgan fingerprint density at radius 2 is 1.57 bits per heavy atom. The van der Waals surface area contributed by atoms with Crippen molar-refractivity contribution in [3.05, 3.63) is 119 Å². The second-order valence-corrected chi connectivity index (χ2v) is 9.47. The van der Waals surface area contributed by atoms with E-state index >= 15 is 0 Å². The van der Waals surface area contributed by atoms with Crippen LogP contribution in [0.4, 0.5) is 16.2 Å². The molecule has 1 heterocycles. The third-order valence-electron chi connectivity index (χ3n) is 7.07. The predicted molar refractivity (Wildman–Crippen MR) is 152 cm³/mol. The minimum atomic E-state index is -0.798. The average Bonchev–Trinajstić information content (AvgIpc) is 3.71. The molecule has 11 heteroatoms. The van der Waals surface area contributed by atoms with Crippen molar-refractivity contribution in [2.75, 3.05) is 4.90 Å². The fraction of sp³-hybridized carbons (Fsp3) is 0.0645. The highest BCUT2D eigenvalue weighted by molar-refractivity contribution is 6.06. The number of carbonyl (C=O) groups is 3. The Labute approximate surface area is 237 Å². The first-order valence-electron chi connectivity index (χ1n) is 12.7. The number of carbonyl (C=O) groups excluding carboxylic acids is 5. The standard InChI is InChI=1S/C31H20N6O5/c32-31(42)35(22-9-3-6-19(14-22)16-33-17-38)26-13-5-10-23-27(26)28(23)36-24-11-1-2-12-25(24)37(36)30(41)21-8-4-7-20(15-21)29(40)34-18-39/h1-15,28H,16H2,(H2,32,42). The molecule has 0 aliphatic heterocycles. The summed E-state index contributed by atoms with van der Waals surface area (Å²) in [5.74, 6) is -1.19. The molecule has 0 bridgehead atoms. The molecule has 1 unspecified atom stereocenters. The van der Waals surface area contributed by atoms with E-state index in [4.69, 9.17) is 5.73 Å². The minimum absolute atomic E-state index is 0.0831. The molecule has 1 aromatic heterocycles. The Kier molecular flexibility index (Phi) is 6.48. The summed E-state index contributed by atoms with van der Waals surface area (Å²) in [5, 5.41) is 0. The molecule has 0 radical (unpaired) electrons. The zero-order chi connectivity index (χ0) is 29.4. The van der Waals surface area contributed by atoms with E-state index in [1.807, 2.05) is 41.1 Å². The number of isocyanates is 2. The second kappa shape index (κ2) is 10.4. The van der Waals surface area contributed by atoms with E-state index in [1.54, 1.807) is 42.5 Å². The van der Waals surface area contributed by atoms with Gasteiger partial charge in [0, 0.05) is 16.7 Å². The highest BCUT2D eigenvalue weighted by Gasteiger charge is 2.43. The summed E-state index contributed by atoms with van der Waals surface area (Å²) in [6.07, 6.45) is 2.73. The van der Waals surface area contributed by atoms with Gasteiger partial charge in [-0.25, -0.2) is 24.1 Å². The molecule has 42 heavy (non-hydrogen) atoms. The van der Waals surface area contributed by atoms with Crippen LogP contribution in [0, 0.1) is 0 Å². The lowest BCUT2D eigenvalue weighted by molar-refractivity contribution is 0.0929. The maximum Gasteiger partial charge on any atom is 0.323 e. The molecular formula is C31H20N6O5. The fourth-order valence-corrected chi connectivity index (χ4v) is 5.27. The van der Waals surface area contributed by atoms with E-state index in [9.17, 15) is 24.0 Å². The summed E-state index contributed by atoms with van der Waals surface area (Å²) in [4.78, 5) is 68.0. The quantitative estimate of drug-likeness (QED) is 0.225. The van der Waals surface area contributed by atoms with E-state index in [-0.39, 0.29) is 23.7 Å². The first-order valence-corrected chi connectivity index (χ1v) is 12.7. The highest BCUT2D eigenvalue weighted by Crippen LogP contribution is 2.53. The van der Waals surface area contributed by atoms with Gasteiger partial charge in [0.1, 0.15) is 6.04 Å². The molecule has 6 rings (SSSR count). The van der Waals surface area contributed by atoms with Crippen LogP contribution in [0.25, 0.3) is 11.0 Å². The van der Waals surface area contributed by atoms with Gasteiger partial charge in [-0.05, 0) is 59.7 Å². The van der Waals surface area contributed by atoms with Crippen LogP contribution in [0.1, 0.15) is 43.4 Å². The van der Waals surface area contributed by atoms with Crippen LogP contribution in [0.2, 0.25) is 0 Å². The topological polar surface area (TPSA) is 149 Å². The van der Waals surface area contributed by atoms with E-state index < -0.39 is 17.8 Å². The third-order valence-corrected chi connectivity index (χ3v) is 7.07. The van der Waals surface area contributed by atoms with E-state index in [1.165, 1.54) is 33.9 Å². The van der Waals surface area contributed by atoms with Crippen LogP contribution < -0.4 is 10.6 Å². The number of benzene rings is 4. The fourth-order valence-electron chi connectivity index (χ4n) is 5.27. The maximum atomic E-state index is 13.8. The Morgan fingerprint density at radius 1 is 0.833 bits per heavy atom. The lowest BCUT2D eigenvalue weighted by atomic mass is 10.1. The number of rotatable bonds is 7. The summed E-state index contributed by atoms with van der Waals surface area (Å²) in [6, 6.07) is 24.7. The van der Waals surface area contributed by atoms with Gasteiger partial charge in [-0.1, -0.05) is 42.5 Å². The van der Waals surface area contributed by atoms with Gasteiger partial charge in [0.2, 0.25) is 12.2 Å². The molecule has 204 valence electrons. The van der Waals surface area contributed by atoms with Crippen molar-refractivity contribution in [3.8, 4) is 0 Å². The molecule has 1 aliphatic carbocycles. The Morgan fingerprint density at radius 3 is 2.33 bits per heavy atom. The number of fused-ring (bicyclic) bond motifs is 2. The second-order valence-electron chi connectivity index (χ2n) is 9.47. The summed E-state index contributed by atoms with van der Waals surface area (Å²) in [6.45, 7) is 0.107. The van der Waals surface area contributed by atoms with Gasteiger partial charge in [-0.15, -0.1) is 4.99 Å². The molecule has 5 aromatic rings. The minimum Gasteiger partial charge on any atom is -0.351 e. The molecule has 4 aromatic carbocycles. The molecule has 0 fully saturated rings. The first-order chi connectivity index (χ1) is 20.4. The SMILES string of the molecule is NC(=O)N(c1cccc(CN=C=O)c1)c1cccc2c1C2n1c2ccccc2n1C(=O)c1cccc(C(=O)N=C=O)c1. The van der Waals surface area contributed by atoms with Gasteiger partial charge in [-0.3, -0.25) is 19.2 Å². The first kappa shape index (κ1) is 26.1. The van der Waals surface area contributed by atoms with Crippen molar-refractivity contribution in [1.82, 2.24) is 9.36 Å². The van der Waals surface area contributed by atoms with Crippen molar-refractivity contribution >= 4 is 52.4 Å². The lowest BCUT2D eigenvalue weighted by Gasteiger charge is -2.26. The third kappa shape index (κ3) is 4.33. The number of aliphatic imine (C=N–C) groups is 2. The number of nitrogens with two attached hydrogens (primary N) is 1. The lowest BCUT2D eigenvalue weighted by Crippen LogP contribution is -2.32. The molecule has 11 nitrogen and oxygen atoms in total. The number of primary amides is 1. The number of amides is 3. The van der Waals surface area contributed by atoms with Crippen molar-refractivity contribution in [3.63, 3.8) is 0 Å². The van der Waals surface area contributed by atoms with Crippen LogP contribution in [0.15, 0.2) is 101 Å². The average molecular weight is 557 g/mol. The van der Waals surface area contributed by atoms with Gasteiger partial charge >= 0.3 is 6.03 Å². The van der Waals surface area contributed by atoms with Crippen LogP contribution in [0.3, 0.4) is 0 Å². The van der Waals surface area contributed by atoms with Crippen molar-refractivity contribution in [2.24, 2.45) is 15.7 Å². The molecule has 1 atom stereocenters. The van der Waals surface area contributed by atoms with Gasteiger partial charge in [0.15, 0.2) is 0 Å². The number of hydrogen-bond acceptors (Lipinski definition) is 6. The molecular weight excluding hydrogens is 536 g/mol. The smallest absolute Gasteiger partial charge is 0.323 e. The Bertz CT molecular complexity index is 2030. The molecule has 2 N–H and O–H groups in total. The maximum absolute atomic E-state index is 13.8. The Hall–Kier alpha value is -6.15. The zero-order valence-corrected chi connectivity index (χ0v) is 21.8. The van der Waals surface area contributed by atoms with E-state index in [0.717, 1.165) is 16.6 Å². The van der Waals surface area contributed by atoms with Crippen LogP contribution >= 0.6 is 0 Å². The number of hydrogen-bond donors (Lipinski definition) is 1.